The summed E-state index contributed by atoms with van der Waals surface area (Å²) in [4.78, 5) is 7.24. The predicted octanol–water partition coefficient (Wildman–Crippen LogP) is 6.21. The Bertz CT molecular complexity index is 1610. The van der Waals surface area contributed by atoms with Gasteiger partial charge in [0.1, 0.15) is 12.4 Å². The molecule has 0 atom stereocenters. The largest absolute Gasteiger partial charge is 0.489 e. The lowest BCUT2D eigenvalue weighted by Gasteiger charge is -2.11. The minimum absolute atomic E-state index is 0.0883. The van der Waals surface area contributed by atoms with Gasteiger partial charge in [0.15, 0.2) is 0 Å². The van der Waals surface area contributed by atoms with Crippen molar-refractivity contribution < 1.29 is 17.7 Å². The van der Waals surface area contributed by atoms with Gasteiger partial charge in [-0.1, -0.05) is 52.6 Å². The lowest BCUT2D eigenvalue weighted by molar-refractivity contribution is 0.306. The molecule has 35 heavy (non-hydrogen) atoms. The first kappa shape index (κ1) is 23.2. The van der Waals surface area contributed by atoms with Gasteiger partial charge in [0.25, 0.3) is 10.0 Å². The SMILES string of the molecule is Cc1nc(-c2ccc(COc3ccc(S(=O)(=O)Nc4ccc(Cl)c5c(Cl)c[nH]c45)cc3)cc2)no1. The Hall–Kier alpha value is -3.53. The number of H-pyrrole nitrogens is 1. The van der Waals surface area contributed by atoms with Gasteiger partial charge >= 0.3 is 0 Å². The van der Waals surface area contributed by atoms with Gasteiger partial charge in [0.2, 0.25) is 11.7 Å². The van der Waals surface area contributed by atoms with Gasteiger partial charge in [0.05, 0.1) is 26.1 Å². The first-order chi connectivity index (χ1) is 16.8. The zero-order chi connectivity index (χ0) is 24.6. The number of anilines is 1. The van der Waals surface area contributed by atoms with E-state index in [-0.39, 0.29) is 4.90 Å². The topological polar surface area (TPSA) is 110 Å². The molecule has 2 heterocycles. The van der Waals surface area contributed by atoms with Crippen LogP contribution in [0.15, 0.2) is 76.3 Å². The Kier molecular flexibility index (Phi) is 6.14. The summed E-state index contributed by atoms with van der Waals surface area (Å²) in [5, 5.41) is 5.29. The highest BCUT2D eigenvalue weighted by atomic mass is 35.5. The number of aromatic amines is 1. The molecule has 5 aromatic rings. The molecule has 0 saturated heterocycles. The van der Waals surface area contributed by atoms with Crippen LogP contribution in [0.5, 0.6) is 5.75 Å². The van der Waals surface area contributed by atoms with Crippen molar-refractivity contribution in [3.8, 4) is 17.1 Å². The summed E-state index contributed by atoms with van der Waals surface area (Å²) in [6.45, 7) is 2.05. The number of sulfonamides is 1. The fourth-order valence-electron chi connectivity index (χ4n) is 3.51. The molecule has 0 amide bonds. The van der Waals surface area contributed by atoms with Crippen LogP contribution in [0.1, 0.15) is 11.5 Å². The molecule has 0 aliphatic rings. The number of aromatic nitrogens is 3. The van der Waals surface area contributed by atoms with Crippen LogP contribution >= 0.6 is 23.2 Å². The van der Waals surface area contributed by atoms with E-state index in [1.165, 1.54) is 12.1 Å². The number of hydrogen-bond acceptors (Lipinski definition) is 6. The standard InChI is InChI=1S/C24H18Cl2N4O4S/c1-14-28-24(29-34-14)16-4-2-15(3-5-16)13-33-17-6-8-18(9-7-17)35(31,32)30-21-11-10-19(25)22-20(26)12-27-23(21)22/h2-12,27,30H,13H2,1H3. The van der Waals surface area contributed by atoms with E-state index < -0.39 is 10.0 Å². The highest BCUT2D eigenvalue weighted by Gasteiger charge is 2.18. The second-order valence-electron chi connectivity index (χ2n) is 7.68. The Labute approximate surface area is 210 Å². The summed E-state index contributed by atoms with van der Waals surface area (Å²) >= 11 is 12.3. The van der Waals surface area contributed by atoms with E-state index in [4.69, 9.17) is 32.5 Å². The molecule has 0 saturated carbocycles. The smallest absolute Gasteiger partial charge is 0.261 e. The van der Waals surface area contributed by atoms with Crippen molar-refractivity contribution in [2.75, 3.05) is 4.72 Å². The Morgan fingerprint density at radius 3 is 2.43 bits per heavy atom. The summed E-state index contributed by atoms with van der Waals surface area (Å²) in [7, 11) is -3.85. The zero-order valence-corrected chi connectivity index (χ0v) is 20.6. The van der Waals surface area contributed by atoms with Gasteiger partial charge < -0.3 is 14.2 Å². The van der Waals surface area contributed by atoms with E-state index in [0.29, 0.717) is 50.7 Å². The average molecular weight is 529 g/mol. The summed E-state index contributed by atoms with van der Waals surface area (Å²) < 4.78 is 39.2. The molecule has 0 bridgehead atoms. The number of halogens is 2. The first-order valence-electron chi connectivity index (χ1n) is 10.4. The number of nitrogens with zero attached hydrogens (tertiary/aromatic N) is 2. The minimum atomic E-state index is -3.85. The molecule has 5 rings (SSSR count). The monoisotopic (exact) mass is 528 g/mol. The fourth-order valence-corrected chi connectivity index (χ4v) is 5.14. The fraction of sp³-hybridized carbons (Fsp3) is 0.0833. The Balaban J connectivity index is 1.26. The van der Waals surface area contributed by atoms with E-state index in [1.807, 2.05) is 24.3 Å². The minimum Gasteiger partial charge on any atom is -0.489 e. The van der Waals surface area contributed by atoms with Crippen LogP contribution in [0.3, 0.4) is 0 Å². The molecule has 0 spiro atoms. The highest BCUT2D eigenvalue weighted by Crippen LogP contribution is 2.35. The lowest BCUT2D eigenvalue weighted by atomic mass is 10.1. The highest BCUT2D eigenvalue weighted by molar-refractivity contribution is 7.92. The number of hydrogen-bond donors (Lipinski definition) is 2. The van der Waals surface area contributed by atoms with E-state index in [0.717, 1.165) is 11.1 Å². The van der Waals surface area contributed by atoms with Crippen molar-refractivity contribution in [2.24, 2.45) is 0 Å². The first-order valence-corrected chi connectivity index (χ1v) is 12.6. The zero-order valence-electron chi connectivity index (χ0n) is 18.2. The summed E-state index contributed by atoms with van der Waals surface area (Å²) in [6, 6.07) is 16.9. The second kappa shape index (κ2) is 9.26. The number of nitrogens with one attached hydrogen (secondary N) is 2. The maximum absolute atomic E-state index is 12.9. The third-order valence-corrected chi connectivity index (χ3v) is 7.25. The normalized spacial score (nSPS) is 11.6. The number of ether oxygens (including phenoxy) is 1. The number of benzene rings is 3. The molecular formula is C24H18Cl2N4O4S. The second-order valence-corrected chi connectivity index (χ2v) is 10.2. The van der Waals surface area contributed by atoms with E-state index in [1.54, 1.807) is 37.4 Å². The van der Waals surface area contributed by atoms with Crippen LogP contribution in [0.2, 0.25) is 10.0 Å². The molecule has 178 valence electrons. The van der Waals surface area contributed by atoms with E-state index in [9.17, 15) is 8.42 Å². The van der Waals surface area contributed by atoms with Gasteiger partial charge in [-0.05, 0) is 42.0 Å². The molecule has 0 aliphatic heterocycles. The van der Waals surface area contributed by atoms with Crippen LogP contribution in [0, 0.1) is 6.92 Å². The third kappa shape index (κ3) is 4.84. The van der Waals surface area contributed by atoms with Crippen molar-refractivity contribution in [1.82, 2.24) is 15.1 Å². The molecule has 0 unspecified atom stereocenters. The van der Waals surface area contributed by atoms with Crippen LogP contribution < -0.4 is 9.46 Å². The lowest BCUT2D eigenvalue weighted by Crippen LogP contribution is -2.13. The summed E-state index contributed by atoms with van der Waals surface area (Å²) in [5.74, 6) is 1.56. The van der Waals surface area contributed by atoms with Gasteiger partial charge in [0, 0.05) is 24.1 Å². The van der Waals surface area contributed by atoms with Gasteiger partial charge in [-0.2, -0.15) is 4.98 Å². The van der Waals surface area contributed by atoms with Crippen LogP contribution in [-0.4, -0.2) is 23.5 Å². The predicted molar refractivity (Wildman–Crippen MR) is 134 cm³/mol. The van der Waals surface area contributed by atoms with Gasteiger partial charge in [-0.25, -0.2) is 8.42 Å². The molecule has 2 aromatic heterocycles. The maximum Gasteiger partial charge on any atom is 0.261 e. The van der Waals surface area contributed by atoms with Crippen LogP contribution in [-0.2, 0) is 16.6 Å². The van der Waals surface area contributed by atoms with Crippen molar-refractivity contribution in [3.05, 3.63) is 88.4 Å². The molecule has 11 heteroatoms. The summed E-state index contributed by atoms with van der Waals surface area (Å²) in [6.07, 6.45) is 1.56. The molecule has 8 nitrogen and oxygen atoms in total. The van der Waals surface area contributed by atoms with Crippen LogP contribution in [0.4, 0.5) is 5.69 Å². The Morgan fingerprint density at radius 1 is 1.00 bits per heavy atom. The van der Waals surface area contributed by atoms with E-state index in [2.05, 4.69) is 19.8 Å². The maximum atomic E-state index is 12.9. The van der Waals surface area contributed by atoms with Crippen molar-refractivity contribution in [1.29, 1.82) is 0 Å². The Morgan fingerprint density at radius 2 is 1.74 bits per heavy atom. The van der Waals surface area contributed by atoms with Gasteiger partial charge in [-0.3, -0.25) is 4.72 Å². The van der Waals surface area contributed by atoms with Crippen molar-refractivity contribution in [3.63, 3.8) is 0 Å². The quantitative estimate of drug-likeness (QED) is 0.259. The molecule has 3 aromatic carbocycles. The number of rotatable bonds is 7. The average Bonchev–Trinajstić information content (AvgIpc) is 3.46. The third-order valence-electron chi connectivity index (χ3n) is 5.26. The molecule has 2 N–H and O–H groups in total. The van der Waals surface area contributed by atoms with E-state index >= 15 is 0 Å². The van der Waals surface area contributed by atoms with Crippen molar-refractivity contribution >= 4 is 49.8 Å². The molecule has 0 fully saturated rings. The van der Waals surface area contributed by atoms with Crippen molar-refractivity contribution in [2.45, 2.75) is 18.4 Å². The molecule has 0 radical (unpaired) electrons. The molecule has 0 aliphatic carbocycles. The summed E-state index contributed by atoms with van der Waals surface area (Å²) in [5.41, 5.74) is 2.62. The molecular weight excluding hydrogens is 511 g/mol. The van der Waals surface area contributed by atoms with Crippen LogP contribution in [0.25, 0.3) is 22.3 Å². The number of aryl methyl sites for hydroxylation is 1. The number of fused-ring (bicyclic) bond motifs is 1. The van der Waals surface area contributed by atoms with Gasteiger partial charge in [-0.15, -0.1) is 0 Å².